The second-order valence-electron chi connectivity index (χ2n) is 3.54. The molecule has 0 bridgehead atoms. The number of aryl methyl sites for hydroxylation is 1. The molecular formula is C11H11BrN4O2. The second kappa shape index (κ2) is 5.63. The monoisotopic (exact) mass is 310 g/mol. The number of hydrogen-bond acceptors (Lipinski definition) is 4. The number of carbonyl (C=O) groups excluding carboxylic acids is 1. The summed E-state index contributed by atoms with van der Waals surface area (Å²) in [6.45, 7) is 1.66. The molecule has 1 aromatic carbocycles. The van der Waals surface area contributed by atoms with Crippen molar-refractivity contribution in [2.24, 2.45) is 0 Å². The van der Waals surface area contributed by atoms with Crippen molar-refractivity contribution >= 4 is 27.8 Å². The quantitative estimate of drug-likeness (QED) is 0.903. The average molecular weight is 311 g/mol. The van der Waals surface area contributed by atoms with Gasteiger partial charge in [0.25, 0.3) is 5.91 Å². The van der Waals surface area contributed by atoms with E-state index in [0.717, 1.165) is 4.47 Å². The van der Waals surface area contributed by atoms with Crippen LogP contribution in [0.5, 0.6) is 5.75 Å². The number of nitrogens with zero attached hydrogens (tertiary/aromatic N) is 2. The third-order valence-electron chi connectivity index (χ3n) is 2.01. The first-order chi connectivity index (χ1) is 8.63. The molecular weight excluding hydrogens is 300 g/mol. The van der Waals surface area contributed by atoms with Gasteiger partial charge in [-0.15, -0.1) is 5.10 Å². The van der Waals surface area contributed by atoms with Gasteiger partial charge in [-0.1, -0.05) is 22.0 Å². The predicted molar refractivity (Wildman–Crippen MR) is 69.4 cm³/mol. The maximum atomic E-state index is 11.5. The van der Waals surface area contributed by atoms with E-state index >= 15 is 0 Å². The first-order valence-electron chi connectivity index (χ1n) is 5.21. The van der Waals surface area contributed by atoms with E-state index in [1.54, 1.807) is 19.1 Å². The molecule has 0 unspecified atom stereocenters. The lowest BCUT2D eigenvalue weighted by Crippen LogP contribution is -2.20. The van der Waals surface area contributed by atoms with Gasteiger partial charge >= 0.3 is 0 Å². The predicted octanol–water partition coefficient (Wildman–Crippen LogP) is 1.89. The minimum Gasteiger partial charge on any atom is -0.484 e. The zero-order valence-corrected chi connectivity index (χ0v) is 11.2. The first-order valence-corrected chi connectivity index (χ1v) is 6.00. The van der Waals surface area contributed by atoms with Crippen molar-refractivity contribution in [1.29, 1.82) is 0 Å². The Balaban J connectivity index is 1.85. The minimum atomic E-state index is -0.311. The van der Waals surface area contributed by atoms with Crippen molar-refractivity contribution < 1.29 is 9.53 Å². The van der Waals surface area contributed by atoms with E-state index in [0.29, 0.717) is 11.6 Å². The van der Waals surface area contributed by atoms with Crippen molar-refractivity contribution in [3.05, 3.63) is 34.6 Å². The zero-order chi connectivity index (χ0) is 13.0. The van der Waals surface area contributed by atoms with Crippen molar-refractivity contribution in [3.63, 3.8) is 0 Å². The van der Waals surface area contributed by atoms with Gasteiger partial charge in [0.05, 0.1) is 0 Å². The first kappa shape index (κ1) is 12.6. The molecule has 0 aliphatic rings. The second-order valence-corrected chi connectivity index (χ2v) is 4.45. The minimum absolute atomic E-state index is 0.0932. The largest absolute Gasteiger partial charge is 0.484 e. The van der Waals surface area contributed by atoms with Crippen molar-refractivity contribution in [1.82, 2.24) is 15.2 Å². The summed E-state index contributed by atoms with van der Waals surface area (Å²) >= 11 is 3.32. The van der Waals surface area contributed by atoms with Crippen LogP contribution in [0.2, 0.25) is 0 Å². The molecule has 0 radical (unpaired) electrons. The number of ether oxygens (including phenoxy) is 1. The fraction of sp³-hybridized carbons (Fsp3) is 0.182. The standard InChI is InChI=1S/C11H11BrN4O2/c1-7-13-11(16-15-7)14-10(17)6-18-9-4-2-3-8(12)5-9/h2-5H,6H2,1H3,(H2,13,14,15,16,17). The Hall–Kier alpha value is -1.89. The van der Waals surface area contributed by atoms with Crippen LogP contribution in [0.3, 0.4) is 0 Å². The van der Waals surface area contributed by atoms with Crippen LogP contribution in [0.25, 0.3) is 0 Å². The molecule has 1 aromatic heterocycles. The fourth-order valence-corrected chi connectivity index (χ4v) is 1.64. The molecule has 1 heterocycles. The van der Waals surface area contributed by atoms with Gasteiger partial charge in [0, 0.05) is 4.47 Å². The van der Waals surface area contributed by atoms with Gasteiger partial charge in [0.1, 0.15) is 11.6 Å². The molecule has 0 spiro atoms. The van der Waals surface area contributed by atoms with E-state index in [2.05, 4.69) is 36.4 Å². The van der Waals surface area contributed by atoms with E-state index in [1.165, 1.54) is 0 Å². The van der Waals surface area contributed by atoms with E-state index in [-0.39, 0.29) is 18.5 Å². The highest BCUT2D eigenvalue weighted by Gasteiger charge is 2.06. The SMILES string of the molecule is Cc1nc(NC(=O)COc2cccc(Br)c2)n[nH]1. The summed E-state index contributed by atoms with van der Waals surface area (Å²) in [5.41, 5.74) is 0. The summed E-state index contributed by atoms with van der Waals surface area (Å²) in [7, 11) is 0. The molecule has 2 rings (SSSR count). The normalized spacial score (nSPS) is 10.1. The molecule has 94 valence electrons. The van der Waals surface area contributed by atoms with Gasteiger partial charge in [-0.05, 0) is 25.1 Å². The molecule has 6 nitrogen and oxygen atoms in total. The van der Waals surface area contributed by atoms with Crippen LogP contribution in [0.4, 0.5) is 5.95 Å². The molecule has 0 saturated heterocycles. The van der Waals surface area contributed by atoms with E-state index < -0.39 is 0 Å². The Bertz CT molecular complexity index is 555. The molecule has 0 saturated carbocycles. The number of rotatable bonds is 4. The molecule has 18 heavy (non-hydrogen) atoms. The Morgan fingerprint density at radius 3 is 3.06 bits per heavy atom. The fourth-order valence-electron chi connectivity index (χ4n) is 1.27. The summed E-state index contributed by atoms with van der Waals surface area (Å²) in [5, 5.41) is 8.94. The number of amides is 1. The maximum absolute atomic E-state index is 11.5. The van der Waals surface area contributed by atoms with Crippen LogP contribution < -0.4 is 10.1 Å². The summed E-state index contributed by atoms with van der Waals surface area (Å²) in [6.07, 6.45) is 0. The van der Waals surface area contributed by atoms with Crippen LogP contribution >= 0.6 is 15.9 Å². The lowest BCUT2D eigenvalue weighted by molar-refractivity contribution is -0.118. The van der Waals surface area contributed by atoms with Gasteiger partial charge in [-0.3, -0.25) is 15.2 Å². The number of hydrogen-bond donors (Lipinski definition) is 2. The summed E-state index contributed by atoms with van der Waals surface area (Å²) in [5.74, 6) is 1.19. The number of halogens is 1. The molecule has 1 amide bonds. The third kappa shape index (κ3) is 3.56. The number of nitrogens with one attached hydrogen (secondary N) is 2. The summed E-state index contributed by atoms with van der Waals surface area (Å²) in [4.78, 5) is 15.5. The highest BCUT2D eigenvalue weighted by atomic mass is 79.9. The molecule has 0 atom stereocenters. The Kier molecular flexibility index (Phi) is 3.93. The molecule has 0 aliphatic heterocycles. The van der Waals surface area contributed by atoms with Crippen molar-refractivity contribution in [2.75, 3.05) is 11.9 Å². The smallest absolute Gasteiger partial charge is 0.264 e. The summed E-state index contributed by atoms with van der Waals surface area (Å²) < 4.78 is 6.21. The van der Waals surface area contributed by atoms with E-state index in [4.69, 9.17) is 4.74 Å². The van der Waals surface area contributed by atoms with Gasteiger partial charge < -0.3 is 4.74 Å². The lowest BCUT2D eigenvalue weighted by Gasteiger charge is -2.05. The molecule has 7 heteroatoms. The van der Waals surface area contributed by atoms with Crippen LogP contribution in [0.1, 0.15) is 5.82 Å². The van der Waals surface area contributed by atoms with Crippen LogP contribution in [-0.2, 0) is 4.79 Å². The van der Waals surface area contributed by atoms with Crippen molar-refractivity contribution in [2.45, 2.75) is 6.92 Å². The third-order valence-corrected chi connectivity index (χ3v) is 2.51. The lowest BCUT2D eigenvalue weighted by atomic mass is 10.3. The van der Waals surface area contributed by atoms with Gasteiger partial charge in [0.2, 0.25) is 5.95 Å². The van der Waals surface area contributed by atoms with Gasteiger partial charge in [0.15, 0.2) is 6.61 Å². The maximum Gasteiger partial charge on any atom is 0.264 e. The van der Waals surface area contributed by atoms with Crippen molar-refractivity contribution in [3.8, 4) is 5.75 Å². The highest BCUT2D eigenvalue weighted by Crippen LogP contribution is 2.17. The van der Waals surface area contributed by atoms with Crippen LogP contribution in [-0.4, -0.2) is 27.7 Å². The van der Waals surface area contributed by atoms with Gasteiger partial charge in [-0.2, -0.15) is 4.98 Å². The number of aromatic amines is 1. The van der Waals surface area contributed by atoms with Crippen LogP contribution in [0, 0.1) is 6.92 Å². The van der Waals surface area contributed by atoms with Gasteiger partial charge in [-0.25, -0.2) is 0 Å². The molecule has 0 aliphatic carbocycles. The number of anilines is 1. The Morgan fingerprint density at radius 1 is 1.56 bits per heavy atom. The summed E-state index contributed by atoms with van der Waals surface area (Å²) in [6, 6.07) is 7.26. The highest BCUT2D eigenvalue weighted by molar-refractivity contribution is 9.10. The zero-order valence-electron chi connectivity index (χ0n) is 9.61. The number of benzene rings is 1. The number of H-pyrrole nitrogens is 1. The van der Waals surface area contributed by atoms with Crippen LogP contribution in [0.15, 0.2) is 28.7 Å². The number of aromatic nitrogens is 3. The molecule has 2 N–H and O–H groups in total. The molecule has 0 fully saturated rings. The van der Waals surface area contributed by atoms with E-state index in [9.17, 15) is 4.79 Å². The molecule has 2 aromatic rings. The Labute approximate surface area is 112 Å². The Morgan fingerprint density at radius 2 is 2.39 bits per heavy atom. The topological polar surface area (TPSA) is 79.9 Å². The average Bonchev–Trinajstić information content (AvgIpc) is 2.72. The van der Waals surface area contributed by atoms with E-state index in [1.807, 2.05) is 12.1 Å². The number of carbonyl (C=O) groups is 1.